The minimum atomic E-state index is -1.53. The van der Waals surface area contributed by atoms with Crippen LogP contribution in [-0.2, 0) is 4.79 Å². The van der Waals surface area contributed by atoms with E-state index in [4.69, 9.17) is 21.6 Å². The molecular weight excluding hydrogens is 280 g/mol. The summed E-state index contributed by atoms with van der Waals surface area (Å²) in [5, 5.41) is 19.9. The number of aliphatic carboxylic acids is 1. The molecule has 0 saturated heterocycles. The van der Waals surface area contributed by atoms with Gasteiger partial charge in [-0.05, 0) is 24.3 Å². The van der Waals surface area contributed by atoms with Crippen LogP contribution in [0, 0.1) is 11.3 Å². The topological polar surface area (TPSA) is 77.6 Å². The number of nitrogens with one attached hydrogen (secondary N) is 1. The van der Waals surface area contributed by atoms with Crippen LogP contribution >= 0.6 is 11.6 Å². The first kappa shape index (κ1) is 16.0. The number of hydrogen-bond acceptors (Lipinski definition) is 4. The molecule has 0 atom stereocenters. The van der Waals surface area contributed by atoms with Gasteiger partial charge in [-0.15, -0.1) is 0 Å². The third-order valence-corrected chi connectivity index (χ3v) is 2.71. The second kappa shape index (κ2) is 7.53. The van der Waals surface area contributed by atoms with Crippen molar-refractivity contribution in [3.8, 4) is 11.8 Å². The van der Waals surface area contributed by atoms with Crippen LogP contribution in [0.4, 0.5) is 0 Å². The Morgan fingerprint density at radius 3 is 2.80 bits per heavy atom. The number of rotatable bonds is 6. The van der Waals surface area contributed by atoms with Gasteiger partial charge in [0.05, 0.1) is 25.6 Å². The molecule has 5 nitrogen and oxygen atoms in total. The van der Waals surface area contributed by atoms with Gasteiger partial charge >= 0.3 is 0 Å². The van der Waals surface area contributed by atoms with Gasteiger partial charge in [-0.2, -0.15) is 5.26 Å². The van der Waals surface area contributed by atoms with E-state index < -0.39 is 11.5 Å². The molecule has 0 radical (unpaired) electrons. The third-order valence-electron chi connectivity index (χ3n) is 2.47. The van der Waals surface area contributed by atoms with Gasteiger partial charge in [-0.25, -0.2) is 0 Å². The molecule has 0 aliphatic rings. The van der Waals surface area contributed by atoms with Crippen molar-refractivity contribution in [2.24, 2.45) is 0 Å². The zero-order chi connectivity index (χ0) is 15.1. The molecule has 0 unspecified atom stereocenters. The average Bonchev–Trinajstić information content (AvgIpc) is 2.37. The highest BCUT2D eigenvalue weighted by atomic mass is 35.5. The van der Waals surface area contributed by atoms with Crippen LogP contribution in [0.15, 0.2) is 23.8 Å². The second-order valence-corrected chi connectivity index (χ2v) is 4.88. The van der Waals surface area contributed by atoms with Gasteiger partial charge in [0.25, 0.3) is 0 Å². The van der Waals surface area contributed by atoms with E-state index in [-0.39, 0.29) is 0 Å². The number of halogens is 1. The minimum Gasteiger partial charge on any atom is -0.544 e. The van der Waals surface area contributed by atoms with Crippen molar-refractivity contribution in [3.05, 3.63) is 34.4 Å². The maximum atomic E-state index is 10.8. The van der Waals surface area contributed by atoms with Crippen LogP contribution in [0.1, 0.15) is 5.56 Å². The van der Waals surface area contributed by atoms with E-state index >= 15 is 0 Å². The van der Waals surface area contributed by atoms with Crippen LogP contribution in [0.25, 0.3) is 6.08 Å². The molecule has 1 N–H and O–H groups in total. The largest absolute Gasteiger partial charge is 0.544 e. The van der Waals surface area contributed by atoms with Crippen molar-refractivity contribution in [2.75, 3.05) is 27.2 Å². The fraction of sp³-hybridized carbons (Fsp3) is 0.286. The van der Waals surface area contributed by atoms with Gasteiger partial charge in [-0.1, -0.05) is 11.6 Å². The summed E-state index contributed by atoms with van der Waals surface area (Å²) in [6.07, 6.45) is 1.19. The predicted octanol–water partition coefficient (Wildman–Crippen LogP) is -0.480. The summed E-state index contributed by atoms with van der Waals surface area (Å²) in [6.45, 7) is 1.26. The molecular formula is C14H15ClN2O3. The van der Waals surface area contributed by atoms with E-state index in [1.807, 2.05) is 14.1 Å². The predicted molar refractivity (Wildman–Crippen MR) is 73.2 cm³/mol. The third kappa shape index (κ3) is 4.92. The number of quaternary nitrogens is 1. The Morgan fingerprint density at radius 1 is 1.55 bits per heavy atom. The molecule has 0 bridgehead atoms. The highest BCUT2D eigenvalue weighted by Gasteiger charge is 2.06. The zero-order valence-corrected chi connectivity index (χ0v) is 12.0. The Balaban J connectivity index is 3.02. The molecule has 0 aliphatic heterocycles. The van der Waals surface area contributed by atoms with Crippen molar-refractivity contribution in [1.82, 2.24) is 0 Å². The van der Waals surface area contributed by atoms with Gasteiger partial charge in [0, 0.05) is 10.6 Å². The molecule has 106 valence electrons. The summed E-state index contributed by atoms with van der Waals surface area (Å²) >= 11 is 5.87. The molecule has 1 aromatic carbocycles. The molecule has 0 aromatic heterocycles. The Morgan fingerprint density at radius 2 is 2.25 bits per heavy atom. The molecule has 0 fully saturated rings. The molecule has 0 saturated carbocycles. The number of nitrogens with zero attached hydrogens (tertiary/aromatic N) is 1. The smallest absolute Gasteiger partial charge is 0.137 e. The van der Waals surface area contributed by atoms with Gasteiger partial charge in [0.2, 0.25) is 0 Å². The van der Waals surface area contributed by atoms with E-state index in [1.54, 1.807) is 24.3 Å². The van der Waals surface area contributed by atoms with E-state index in [2.05, 4.69) is 0 Å². The molecule has 1 rings (SSSR count). The molecule has 0 aliphatic carbocycles. The zero-order valence-electron chi connectivity index (χ0n) is 11.3. The lowest BCUT2D eigenvalue weighted by Gasteiger charge is -2.12. The first-order valence-electron chi connectivity index (χ1n) is 5.98. The lowest BCUT2D eigenvalue weighted by atomic mass is 10.1. The summed E-state index contributed by atoms with van der Waals surface area (Å²) in [5.41, 5.74) is -0.0395. The Kier molecular flexibility index (Phi) is 6.04. The second-order valence-electron chi connectivity index (χ2n) is 4.44. The van der Waals surface area contributed by atoms with E-state index in [1.165, 1.54) is 11.0 Å². The Hall–Kier alpha value is -2.03. The number of nitriles is 1. The van der Waals surface area contributed by atoms with Crippen LogP contribution in [0.5, 0.6) is 5.75 Å². The van der Waals surface area contributed by atoms with Crippen molar-refractivity contribution < 1.29 is 19.5 Å². The van der Waals surface area contributed by atoms with E-state index in [9.17, 15) is 9.90 Å². The average molecular weight is 295 g/mol. The number of carbonyl (C=O) groups excluding carboxylic acids is 1. The monoisotopic (exact) mass is 294 g/mol. The van der Waals surface area contributed by atoms with Crippen LogP contribution in [0.3, 0.4) is 0 Å². The van der Waals surface area contributed by atoms with E-state index in [0.717, 1.165) is 6.54 Å². The van der Waals surface area contributed by atoms with Gasteiger partial charge in [0.15, 0.2) is 0 Å². The molecule has 0 spiro atoms. The van der Waals surface area contributed by atoms with Crippen LogP contribution < -0.4 is 14.7 Å². The number of ether oxygens (including phenoxy) is 1. The molecule has 6 heteroatoms. The minimum absolute atomic E-state index is 0.428. The number of benzene rings is 1. The highest BCUT2D eigenvalue weighted by molar-refractivity contribution is 6.30. The molecule has 0 amide bonds. The summed E-state index contributed by atoms with van der Waals surface area (Å²) in [7, 11) is 3.99. The number of hydrogen-bond donors (Lipinski definition) is 1. The van der Waals surface area contributed by atoms with Crippen molar-refractivity contribution in [2.45, 2.75) is 0 Å². The lowest BCUT2D eigenvalue weighted by molar-refractivity contribution is -0.858. The van der Waals surface area contributed by atoms with Gasteiger partial charge in [0.1, 0.15) is 25.0 Å². The standard InChI is InChI=1S/C14H15ClN2O3/c1-17(2)5-6-20-13-4-3-12(15)8-10(13)7-11(9-16)14(18)19/h3-4,7-8H,5-6H2,1-2H3,(H,18,19)/b11-7-. The van der Waals surface area contributed by atoms with Crippen molar-refractivity contribution in [3.63, 3.8) is 0 Å². The fourth-order valence-electron chi connectivity index (χ4n) is 1.42. The maximum Gasteiger partial charge on any atom is 0.137 e. The number of carboxylic acids is 1. The lowest BCUT2D eigenvalue weighted by Crippen LogP contribution is -3.06. The van der Waals surface area contributed by atoms with E-state index in [0.29, 0.717) is 22.9 Å². The molecule has 0 heterocycles. The number of carbonyl (C=O) groups is 1. The Bertz CT molecular complexity index is 562. The van der Waals surface area contributed by atoms with Crippen LogP contribution in [0.2, 0.25) is 5.02 Å². The van der Waals surface area contributed by atoms with Crippen molar-refractivity contribution in [1.29, 1.82) is 5.26 Å². The highest BCUT2D eigenvalue weighted by Crippen LogP contribution is 2.25. The summed E-state index contributed by atoms with van der Waals surface area (Å²) < 4.78 is 5.58. The Labute approximate surface area is 122 Å². The maximum absolute atomic E-state index is 10.8. The van der Waals surface area contributed by atoms with Gasteiger partial charge < -0.3 is 19.5 Å². The quantitative estimate of drug-likeness (QED) is 0.568. The van der Waals surface area contributed by atoms with Gasteiger partial charge in [-0.3, -0.25) is 0 Å². The first-order valence-corrected chi connectivity index (χ1v) is 6.36. The first-order chi connectivity index (χ1) is 9.43. The number of likely N-dealkylation sites (N-methyl/N-ethyl adjacent to an activating group) is 1. The summed E-state index contributed by atoms with van der Waals surface area (Å²) in [4.78, 5) is 12.0. The SMILES string of the molecule is C[NH+](C)CCOc1ccc(Cl)cc1/C=C(/C#N)C(=O)[O-]. The fourth-order valence-corrected chi connectivity index (χ4v) is 1.60. The number of carboxylic acid groups (broad SMARTS) is 1. The summed E-state index contributed by atoms with van der Waals surface area (Å²) in [6, 6.07) is 6.39. The summed E-state index contributed by atoms with van der Waals surface area (Å²) in [5.74, 6) is -1.05. The molecule has 1 aromatic rings. The van der Waals surface area contributed by atoms with Crippen molar-refractivity contribution >= 4 is 23.6 Å². The molecule has 20 heavy (non-hydrogen) atoms. The normalized spacial score (nSPS) is 11.2. The van der Waals surface area contributed by atoms with Crippen LogP contribution in [-0.4, -0.2) is 33.2 Å².